The number of aromatic nitrogens is 2. The number of hydrogen-bond donors (Lipinski definition) is 1. The number of anilines is 1. The monoisotopic (exact) mass is 291 g/mol. The van der Waals surface area contributed by atoms with Crippen LogP contribution in [0.4, 0.5) is 5.82 Å². The molecule has 0 unspecified atom stereocenters. The van der Waals surface area contributed by atoms with E-state index >= 15 is 0 Å². The van der Waals surface area contributed by atoms with E-state index < -0.39 is 9.84 Å². The van der Waals surface area contributed by atoms with Crippen LogP contribution in [0.1, 0.15) is 16.8 Å². The maximum atomic E-state index is 11.4. The van der Waals surface area contributed by atoms with Gasteiger partial charge in [-0.05, 0) is 43.2 Å². The Hall–Kier alpha value is -1.95. The summed E-state index contributed by atoms with van der Waals surface area (Å²) in [5.41, 5.74) is 2.97. The first kappa shape index (κ1) is 14.5. The fourth-order valence-electron chi connectivity index (χ4n) is 1.68. The predicted octanol–water partition coefficient (Wildman–Crippen LogP) is 2.11. The van der Waals surface area contributed by atoms with Crippen LogP contribution in [0.3, 0.4) is 0 Å². The highest BCUT2D eigenvalue weighted by molar-refractivity contribution is 7.90. The molecule has 1 heterocycles. The van der Waals surface area contributed by atoms with Crippen molar-refractivity contribution < 1.29 is 8.42 Å². The Labute approximate surface area is 119 Å². The predicted molar refractivity (Wildman–Crippen MR) is 78.4 cm³/mol. The van der Waals surface area contributed by atoms with Crippen molar-refractivity contribution in [1.29, 1.82) is 0 Å². The van der Waals surface area contributed by atoms with Gasteiger partial charge in [-0.25, -0.2) is 8.42 Å². The number of sulfone groups is 1. The molecule has 0 bridgehead atoms. The SMILES string of the molecule is Cc1cc(NCc2ccc(S(C)(=O)=O)cc2)nnc1C. The number of rotatable bonds is 4. The van der Waals surface area contributed by atoms with Crippen molar-refractivity contribution in [1.82, 2.24) is 10.2 Å². The second-order valence-electron chi connectivity index (χ2n) is 4.77. The zero-order valence-electron chi connectivity index (χ0n) is 11.7. The summed E-state index contributed by atoms with van der Waals surface area (Å²) in [5, 5.41) is 11.3. The van der Waals surface area contributed by atoms with Crippen LogP contribution in [0.15, 0.2) is 35.2 Å². The molecule has 0 radical (unpaired) electrons. The van der Waals surface area contributed by atoms with Crippen molar-refractivity contribution >= 4 is 15.7 Å². The molecule has 2 rings (SSSR count). The second-order valence-corrected chi connectivity index (χ2v) is 6.78. The standard InChI is InChI=1S/C14H17N3O2S/c1-10-8-14(17-16-11(10)2)15-9-12-4-6-13(7-5-12)20(3,18)19/h4-8H,9H2,1-3H3,(H,15,17). The van der Waals surface area contributed by atoms with Gasteiger partial charge in [0.2, 0.25) is 0 Å². The molecule has 2 aromatic rings. The maximum absolute atomic E-state index is 11.4. The van der Waals surface area contributed by atoms with Crippen LogP contribution in [0.2, 0.25) is 0 Å². The molecule has 0 saturated carbocycles. The first-order valence-electron chi connectivity index (χ1n) is 6.20. The van der Waals surface area contributed by atoms with Crippen LogP contribution in [0.25, 0.3) is 0 Å². The van der Waals surface area contributed by atoms with Crippen LogP contribution in [-0.4, -0.2) is 24.9 Å². The van der Waals surface area contributed by atoms with Crippen molar-refractivity contribution in [2.24, 2.45) is 0 Å². The van der Waals surface area contributed by atoms with Crippen molar-refractivity contribution in [3.05, 3.63) is 47.2 Å². The Bertz CT molecular complexity index is 710. The van der Waals surface area contributed by atoms with Gasteiger partial charge in [-0.3, -0.25) is 0 Å². The highest BCUT2D eigenvalue weighted by Gasteiger charge is 2.06. The smallest absolute Gasteiger partial charge is 0.175 e. The molecule has 5 nitrogen and oxygen atoms in total. The fraction of sp³-hybridized carbons (Fsp3) is 0.286. The van der Waals surface area contributed by atoms with Gasteiger partial charge in [0, 0.05) is 12.8 Å². The summed E-state index contributed by atoms with van der Waals surface area (Å²) >= 11 is 0. The Morgan fingerprint density at radius 3 is 2.30 bits per heavy atom. The van der Waals surface area contributed by atoms with Gasteiger partial charge >= 0.3 is 0 Å². The van der Waals surface area contributed by atoms with Crippen molar-refractivity contribution in [3.8, 4) is 0 Å². The average molecular weight is 291 g/mol. The van der Waals surface area contributed by atoms with E-state index in [-0.39, 0.29) is 0 Å². The lowest BCUT2D eigenvalue weighted by Gasteiger charge is -2.07. The molecule has 1 N–H and O–H groups in total. The van der Waals surface area contributed by atoms with Crippen LogP contribution >= 0.6 is 0 Å². The van der Waals surface area contributed by atoms with Crippen LogP contribution in [-0.2, 0) is 16.4 Å². The third-order valence-electron chi connectivity index (χ3n) is 3.06. The van der Waals surface area contributed by atoms with E-state index in [1.54, 1.807) is 24.3 Å². The van der Waals surface area contributed by atoms with E-state index in [0.29, 0.717) is 17.3 Å². The molecule has 1 aromatic heterocycles. The van der Waals surface area contributed by atoms with E-state index in [0.717, 1.165) is 16.8 Å². The molecule has 0 aliphatic heterocycles. The van der Waals surface area contributed by atoms with Gasteiger partial charge < -0.3 is 5.32 Å². The highest BCUT2D eigenvalue weighted by Crippen LogP contribution is 2.12. The summed E-state index contributed by atoms with van der Waals surface area (Å²) in [7, 11) is -3.14. The van der Waals surface area contributed by atoms with E-state index in [9.17, 15) is 8.42 Å². The van der Waals surface area contributed by atoms with Crippen LogP contribution in [0, 0.1) is 13.8 Å². The van der Waals surface area contributed by atoms with Crippen LogP contribution < -0.4 is 5.32 Å². The molecule has 106 valence electrons. The quantitative estimate of drug-likeness (QED) is 0.934. The Kier molecular flexibility index (Phi) is 4.04. The maximum Gasteiger partial charge on any atom is 0.175 e. The molecule has 0 saturated heterocycles. The van der Waals surface area contributed by atoms with Gasteiger partial charge in [-0.15, -0.1) is 5.10 Å². The summed E-state index contributed by atoms with van der Waals surface area (Å²) in [4.78, 5) is 0.326. The van der Waals surface area contributed by atoms with Gasteiger partial charge in [-0.1, -0.05) is 12.1 Å². The number of nitrogens with zero attached hydrogens (tertiary/aromatic N) is 2. The molecule has 0 spiro atoms. The third-order valence-corrected chi connectivity index (χ3v) is 4.19. The Morgan fingerprint density at radius 1 is 1.10 bits per heavy atom. The van der Waals surface area contributed by atoms with Crippen molar-refractivity contribution in [2.75, 3.05) is 11.6 Å². The van der Waals surface area contributed by atoms with Crippen molar-refractivity contribution in [2.45, 2.75) is 25.3 Å². The van der Waals surface area contributed by atoms with E-state index in [4.69, 9.17) is 0 Å². The van der Waals surface area contributed by atoms with Gasteiger partial charge in [0.05, 0.1) is 10.6 Å². The number of nitrogens with one attached hydrogen (secondary N) is 1. The molecule has 20 heavy (non-hydrogen) atoms. The summed E-state index contributed by atoms with van der Waals surface area (Å²) < 4.78 is 22.7. The lowest BCUT2D eigenvalue weighted by Crippen LogP contribution is -2.04. The molecule has 0 aliphatic carbocycles. The largest absolute Gasteiger partial charge is 0.364 e. The number of hydrogen-bond acceptors (Lipinski definition) is 5. The van der Waals surface area contributed by atoms with Gasteiger partial charge in [0.1, 0.15) is 5.82 Å². The van der Waals surface area contributed by atoms with Crippen LogP contribution in [0.5, 0.6) is 0 Å². The molecule has 0 amide bonds. The minimum atomic E-state index is -3.14. The van der Waals surface area contributed by atoms with Crippen molar-refractivity contribution in [3.63, 3.8) is 0 Å². The molecule has 6 heteroatoms. The minimum absolute atomic E-state index is 0.326. The highest BCUT2D eigenvalue weighted by atomic mass is 32.2. The second kappa shape index (κ2) is 5.58. The average Bonchev–Trinajstić information content (AvgIpc) is 2.40. The summed E-state index contributed by atoms with van der Waals surface area (Å²) in [5.74, 6) is 0.709. The molecule has 0 aliphatic rings. The first-order chi connectivity index (χ1) is 9.36. The fourth-order valence-corrected chi connectivity index (χ4v) is 2.31. The topological polar surface area (TPSA) is 72.0 Å². The zero-order valence-corrected chi connectivity index (χ0v) is 12.5. The normalized spacial score (nSPS) is 11.3. The van der Waals surface area contributed by atoms with Gasteiger partial charge in [0.25, 0.3) is 0 Å². The summed E-state index contributed by atoms with van der Waals surface area (Å²) in [6, 6.07) is 8.74. The molecule has 0 atom stereocenters. The zero-order chi connectivity index (χ0) is 14.8. The minimum Gasteiger partial charge on any atom is -0.364 e. The summed E-state index contributed by atoms with van der Waals surface area (Å²) in [6.45, 7) is 4.47. The first-order valence-corrected chi connectivity index (χ1v) is 8.09. The molecule has 1 aromatic carbocycles. The number of benzene rings is 1. The lowest BCUT2D eigenvalue weighted by atomic mass is 10.2. The van der Waals surface area contributed by atoms with E-state index in [1.165, 1.54) is 6.26 Å². The van der Waals surface area contributed by atoms with Gasteiger partial charge in [-0.2, -0.15) is 5.10 Å². The molecular formula is C14H17N3O2S. The van der Waals surface area contributed by atoms with Gasteiger partial charge in [0.15, 0.2) is 9.84 Å². The summed E-state index contributed by atoms with van der Waals surface area (Å²) in [6.07, 6.45) is 1.20. The molecule has 0 fully saturated rings. The Balaban J connectivity index is 2.06. The third kappa shape index (κ3) is 3.54. The molecular weight excluding hydrogens is 274 g/mol. The Morgan fingerprint density at radius 2 is 1.75 bits per heavy atom. The lowest BCUT2D eigenvalue weighted by molar-refractivity contribution is 0.602. The van der Waals surface area contributed by atoms with E-state index in [1.807, 2.05) is 19.9 Å². The van der Waals surface area contributed by atoms with E-state index in [2.05, 4.69) is 15.5 Å². The number of aryl methyl sites for hydroxylation is 2.